The summed E-state index contributed by atoms with van der Waals surface area (Å²) in [5, 5.41) is 0. The predicted molar refractivity (Wildman–Crippen MR) is 71.6 cm³/mol. The third-order valence-corrected chi connectivity index (χ3v) is 3.56. The second kappa shape index (κ2) is 4.41. The molecule has 0 bridgehead atoms. The van der Waals surface area contributed by atoms with Crippen LogP contribution in [-0.4, -0.2) is 12.1 Å². The zero-order chi connectivity index (χ0) is 12.6. The van der Waals surface area contributed by atoms with Gasteiger partial charge in [0, 0.05) is 12.1 Å². The highest BCUT2D eigenvalue weighted by molar-refractivity contribution is 5.30. The number of hydrazine groups is 1. The molecule has 3 heteroatoms. The summed E-state index contributed by atoms with van der Waals surface area (Å²) in [6, 6.07) is 9.39. The van der Waals surface area contributed by atoms with Crippen molar-refractivity contribution in [1.29, 1.82) is 0 Å². The third-order valence-electron chi connectivity index (χ3n) is 3.56. The Bertz CT molecular complexity index is 377. The number of nitrogens with one attached hydrogen (secondary N) is 2. The fourth-order valence-electron chi connectivity index (χ4n) is 2.20. The summed E-state index contributed by atoms with van der Waals surface area (Å²) in [4.78, 5) is 0. The van der Waals surface area contributed by atoms with Crippen molar-refractivity contribution in [1.82, 2.24) is 10.9 Å². The first-order chi connectivity index (χ1) is 7.89. The average Bonchev–Trinajstić information content (AvgIpc) is 2.59. The summed E-state index contributed by atoms with van der Waals surface area (Å²) in [6.45, 7) is 8.78. The molecular weight excluding hydrogens is 210 g/mol. The molecule has 1 heterocycles. The van der Waals surface area contributed by atoms with E-state index in [-0.39, 0.29) is 17.5 Å². The lowest BCUT2D eigenvalue weighted by atomic mass is 9.86. The molecule has 1 aliphatic rings. The van der Waals surface area contributed by atoms with Gasteiger partial charge in [-0.1, -0.05) is 45.0 Å². The van der Waals surface area contributed by atoms with Crippen LogP contribution >= 0.6 is 0 Å². The Morgan fingerprint density at radius 3 is 2.06 bits per heavy atom. The van der Waals surface area contributed by atoms with Gasteiger partial charge in [0.25, 0.3) is 0 Å². The Balaban J connectivity index is 2.19. The zero-order valence-corrected chi connectivity index (χ0v) is 11.1. The van der Waals surface area contributed by atoms with E-state index in [0.717, 1.165) is 0 Å². The molecule has 1 aliphatic heterocycles. The summed E-state index contributed by atoms with van der Waals surface area (Å²) in [5.41, 5.74) is 15.4. The first-order valence-corrected chi connectivity index (χ1v) is 6.26. The molecule has 0 amide bonds. The number of benzene rings is 1. The Kier molecular flexibility index (Phi) is 3.25. The first-order valence-electron chi connectivity index (χ1n) is 6.26. The molecule has 0 saturated carbocycles. The smallest absolute Gasteiger partial charge is 0.0629 e. The van der Waals surface area contributed by atoms with Crippen molar-refractivity contribution in [2.24, 2.45) is 5.73 Å². The van der Waals surface area contributed by atoms with Crippen LogP contribution in [0.5, 0.6) is 0 Å². The number of nitrogens with two attached hydrogens (primary N) is 1. The minimum Gasteiger partial charge on any atom is -0.325 e. The van der Waals surface area contributed by atoms with Gasteiger partial charge in [-0.15, -0.1) is 0 Å². The van der Waals surface area contributed by atoms with Crippen molar-refractivity contribution < 1.29 is 0 Å². The Labute approximate surface area is 104 Å². The summed E-state index contributed by atoms with van der Waals surface area (Å²) >= 11 is 0. The standard InChI is InChI=1S/C14H23N3/c1-9-12(15)13(17-16-9)10-5-7-11(8-6-10)14(2,3)4/h5-9,12-13,16-17H,15H2,1-4H3. The summed E-state index contributed by atoms with van der Waals surface area (Å²) < 4.78 is 0. The van der Waals surface area contributed by atoms with Crippen molar-refractivity contribution in [2.75, 3.05) is 0 Å². The van der Waals surface area contributed by atoms with Crippen LogP contribution in [0.15, 0.2) is 24.3 Å². The maximum absolute atomic E-state index is 6.15. The van der Waals surface area contributed by atoms with Gasteiger partial charge < -0.3 is 5.73 Å². The predicted octanol–water partition coefficient (Wildman–Crippen LogP) is 1.85. The van der Waals surface area contributed by atoms with Gasteiger partial charge in [-0.3, -0.25) is 5.43 Å². The van der Waals surface area contributed by atoms with Gasteiger partial charge in [-0.2, -0.15) is 0 Å². The monoisotopic (exact) mass is 233 g/mol. The highest BCUT2D eigenvalue weighted by Gasteiger charge is 2.30. The maximum atomic E-state index is 6.15. The molecule has 0 spiro atoms. The molecule has 0 aliphatic carbocycles. The molecular formula is C14H23N3. The minimum absolute atomic E-state index is 0.121. The molecule has 4 N–H and O–H groups in total. The zero-order valence-electron chi connectivity index (χ0n) is 11.1. The molecule has 1 fully saturated rings. The van der Waals surface area contributed by atoms with E-state index in [2.05, 4.69) is 62.8 Å². The first kappa shape index (κ1) is 12.6. The second-order valence-corrected chi connectivity index (χ2v) is 6.00. The third kappa shape index (κ3) is 2.51. The van der Waals surface area contributed by atoms with E-state index in [1.54, 1.807) is 0 Å². The van der Waals surface area contributed by atoms with Gasteiger partial charge in [-0.25, -0.2) is 5.43 Å². The normalized spacial score (nSPS) is 29.6. The molecule has 1 aromatic rings. The van der Waals surface area contributed by atoms with E-state index >= 15 is 0 Å². The second-order valence-electron chi connectivity index (χ2n) is 6.00. The number of hydrogen-bond donors (Lipinski definition) is 3. The van der Waals surface area contributed by atoms with Crippen LogP contribution in [0.4, 0.5) is 0 Å². The van der Waals surface area contributed by atoms with Gasteiger partial charge in [0.15, 0.2) is 0 Å². The Hall–Kier alpha value is -0.900. The van der Waals surface area contributed by atoms with Crippen LogP contribution in [0.1, 0.15) is 44.9 Å². The van der Waals surface area contributed by atoms with Crippen LogP contribution in [0, 0.1) is 0 Å². The van der Waals surface area contributed by atoms with Crippen LogP contribution in [0.3, 0.4) is 0 Å². The molecule has 1 aromatic carbocycles. The highest BCUT2D eigenvalue weighted by Crippen LogP contribution is 2.26. The van der Waals surface area contributed by atoms with Gasteiger partial charge in [0.1, 0.15) is 0 Å². The van der Waals surface area contributed by atoms with Crippen LogP contribution in [0.25, 0.3) is 0 Å². The number of rotatable bonds is 1. The lowest BCUT2D eigenvalue weighted by Crippen LogP contribution is -2.35. The quantitative estimate of drug-likeness (QED) is 0.694. The van der Waals surface area contributed by atoms with E-state index in [0.29, 0.717) is 6.04 Å². The Morgan fingerprint density at radius 1 is 1.06 bits per heavy atom. The van der Waals surface area contributed by atoms with Crippen molar-refractivity contribution in [3.8, 4) is 0 Å². The molecule has 1 saturated heterocycles. The van der Waals surface area contributed by atoms with E-state index in [1.807, 2.05) is 0 Å². The van der Waals surface area contributed by atoms with Gasteiger partial charge in [-0.05, 0) is 23.5 Å². The summed E-state index contributed by atoms with van der Waals surface area (Å²) in [7, 11) is 0. The van der Waals surface area contributed by atoms with Gasteiger partial charge in [0.05, 0.1) is 6.04 Å². The largest absolute Gasteiger partial charge is 0.325 e. The molecule has 3 nitrogen and oxygen atoms in total. The fraction of sp³-hybridized carbons (Fsp3) is 0.571. The van der Waals surface area contributed by atoms with Gasteiger partial charge in [0.2, 0.25) is 0 Å². The van der Waals surface area contributed by atoms with E-state index in [1.165, 1.54) is 11.1 Å². The summed E-state index contributed by atoms with van der Waals surface area (Å²) in [5.74, 6) is 0. The van der Waals surface area contributed by atoms with Crippen LogP contribution < -0.4 is 16.6 Å². The van der Waals surface area contributed by atoms with Crippen LogP contribution in [0.2, 0.25) is 0 Å². The molecule has 0 radical (unpaired) electrons. The lowest BCUT2D eigenvalue weighted by Gasteiger charge is -2.21. The Morgan fingerprint density at radius 2 is 1.65 bits per heavy atom. The van der Waals surface area contributed by atoms with Crippen molar-refractivity contribution in [3.63, 3.8) is 0 Å². The lowest BCUT2D eigenvalue weighted by molar-refractivity contribution is 0.547. The SMILES string of the molecule is CC1NNC(c2ccc(C(C)(C)C)cc2)C1N. The number of hydrogen-bond acceptors (Lipinski definition) is 3. The van der Waals surface area contributed by atoms with Crippen molar-refractivity contribution >= 4 is 0 Å². The molecule has 17 heavy (non-hydrogen) atoms. The molecule has 0 aromatic heterocycles. The average molecular weight is 233 g/mol. The molecule has 2 rings (SSSR count). The molecule has 94 valence electrons. The molecule has 3 unspecified atom stereocenters. The summed E-state index contributed by atoms with van der Waals surface area (Å²) in [6.07, 6.45) is 0. The van der Waals surface area contributed by atoms with Crippen LogP contribution in [-0.2, 0) is 5.41 Å². The maximum Gasteiger partial charge on any atom is 0.0629 e. The van der Waals surface area contributed by atoms with Crippen molar-refractivity contribution in [2.45, 2.75) is 51.2 Å². The highest BCUT2D eigenvalue weighted by atomic mass is 15.4. The van der Waals surface area contributed by atoms with E-state index in [9.17, 15) is 0 Å². The fourth-order valence-corrected chi connectivity index (χ4v) is 2.20. The van der Waals surface area contributed by atoms with Crippen molar-refractivity contribution in [3.05, 3.63) is 35.4 Å². The molecule has 3 atom stereocenters. The van der Waals surface area contributed by atoms with E-state index in [4.69, 9.17) is 5.73 Å². The van der Waals surface area contributed by atoms with Gasteiger partial charge >= 0.3 is 0 Å². The van der Waals surface area contributed by atoms with E-state index < -0.39 is 0 Å². The minimum atomic E-state index is 0.121. The topological polar surface area (TPSA) is 50.1 Å².